The van der Waals surface area contributed by atoms with Crippen molar-refractivity contribution in [2.45, 2.75) is 18.9 Å². The van der Waals surface area contributed by atoms with Crippen LogP contribution in [0.5, 0.6) is 11.5 Å². The Morgan fingerprint density at radius 1 is 1.12 bits per heavy atom. The van der Waals surface area contributed by atoms with E-state index in [4.69, 9.17) is 4.74 Å². The van der Waals surface area contributed by atoms with E-state index in [0.717, 1.165) is 24.4 Å². The highest BCUT2D eigenvalue weighted by Gasteiger charge is 2.25. The summed E-state index contributed by atoms with van der Waals surface area (Å²) < 4.78 is 5.55. The van der Waals surface area contributed by atoms with Gasteiger partial charge in [-0.25, -0.2) is 0 Å². The number of para-hydroxylation sites is 2. The quantitative estimate of drug-likeness (QED) is 0.825. The number of hydrogen-bond acceptors (Lipinski definition) is 4. The maximum absolute atomic E-state index is 9.86. The third-order valence-electron chi connectivity index (χ3n) is 4.52. The average molecular weight is 324 g/mol. The topological polar surface area (TPSA) is 45.1 Å². The summed E-state index contributed by atoms with van der Waals surface area (Å²) in [5.74, 6) is 1.17. The molecule has 1 saturated heterocycles. The van der Waals surface area contributed by atoms with Crippen LogP contribution in [0.3, 0.4) is 0 Å². The third-order valence-corrected chi connectivity index (χ3v) is 4.52. The number of phenolic OH excluding ortho intramolecular Hbond substituents is 1. The number of aliphatic imine (C=N–C) groups is 1. The minimum absolute atomic E-state index is 0.200. The van der Waals surface area contributed by atoms with Crippen molar-refractivity contribution >= 4 is 6.21 Å². The molecule has 126 valence electrons. The van der Waals surface area contributed by atoms with Crippen LogP contribution in [0.2, 0.25) is 0 Å². The van der Waals surface area contributed by atoms with Crippen molar-refractivity contribution in [1.29, 1.82) is 0 Å². The van der Waals surface area contributed by atoms with Crippen LogP contribution in [0.1, 0.15) is 30.0 Å². The Kier molecular flexibility index (Phi) is 5.49. The molecule has 0 unspecified atom stereocenters. The number of aromatic hydroxyl groups is 1. The number of likely N-dealkylation sites (tertiary alicyclic amines) is 1. The lowest BCUT2D eigenvalue weighted by molar-refractivity contribution is 0.246. The molecular weight excluding hydrogens is 300 g/mol. The Morgan fingerprint density at radius 2 is 1.83 bits per heavy atom. The van der Waals surface area contributed by atoms with Crippen LogP contribution in [0.25, 0.3) is 0 Å². The van der Waals surface area contributed by atoms with E-state index in [1.54, 1.807) is 19.4 Å². The number of ether oxygens (including phenoxy) is 1. The predicted molar refractivity (Wildman–Crippen MR) is 97.1 cm³/mol. The molecule has 0 bridgehead atoms. The van der Waals surface area contributed by atoms with Gasteiger partial charge in [-0.2, -0.15) is 0 Å². The summed E-state index contributed by atoms with van der Waals surface area (Å²) in [5.41, 5.74) is 1.93. The lowest BCUT2D eigenvalue weighted by atomic mass is 10.0. The summed E-state index contributed by atoms with van der Waals surface area (Å²) in [7, 11) is 1.71. The van der Waals surface area contributed by atoms with Gasteiger partial charge in [0.15, 0.2) is 0 Å². The normalized spacial score (nSPS) is 16.5. The fraction of sp³-hybridized carbons (Fsp3) is 0.350. The minimum Gasteiger partial charge on any atom is -0.507 e. The molecule has 1 fully saturated rings. The Bertz CT molecular complexity index is 694. The Morgan fingerprint density at radius 3 is 2.58 bits per heavy atom. The molecule has 0 radical (unpaired) electrons. The van der Waals surface area contributed by atoms with Gasteiger partial charge in [0.2, 0.25) is 0 Å². The van der Waals surface area contributed by atoms with Gasteiger partial charge in [-0.15, -0.1) is 0 Å². The molecule has 0 amide bonds. The summed E-state index contributed by atoms with van der Waals surface area (Å²) in [6.07, 6.45) is 4.22. The van der Waals surface area contributed by atoms with Crippen molar-refractivity contribution in [3.8, 4) is 11.5 Å². The maximum Gasteiger partial charge on any atom is 0.124 e. The van der Waals surface area contributed by atoms with E-state index >= 15 is 0 Å². The second-order valence-corrected chi connectivity index (χ2v) is 6.05. The van der Waals surface area contributed by atoms with Crippen LogP contribution in [0, 0.1) is 0 Å². The lowest BCUT2D eigenvalue weighted by Crippen LogP contribution is -2.28. The first kappa shape index (κ1) is 16.5. The molecule has 1 heterocycles. The van der Waals surface area contributed by atoms with Gasteiger partial charge in [0, 0.05) is 17.3 Å². The fourth-order valence-corrected chi connectivity index (χ4v) is 3.25. The second-order valence-electron chi connectivity index (χ2n) is 6.05. The average Bonchev–Trinajstić information content (AvgIpc) is 3.14. The number of methoxy groups -OCH3 is 1. The van der Waals surface area contributed by atoms with Crippen LogP contribution < -0.4 is 4.74 Å². The van der Waals surface area contributed by atoms with Crippen molar-refractivity contribution < 1.29 is 9.84 Å². The van der Waals surface area contributed by atoms with Crippen molar-refractivity contribution in [2.75, 3.05) is 26.7 Å². The molecular formula is C20H24N2O2. The van der Waals surface area contributed by atoms with Crippen LogP contribution >= 0.6 is 0 Å². The summed E-state index contributed by atoms with van der Waals surface area (Å²) in [6.45, 7) is 2.83. The van der Waals surface area contributed by atoms with Crippen molar-refractivity contribution in [2.24, 2.45) is 4.99 Å². The minimum atomic E-state index is 0.200. The van der Waals surface area contributed by atoms with Gasteiger partial charge >= 0.3 is 0 Å². The molecule has 1 atom stereocenters. The van der Waals surface area contributed by atoms with Gasteiger partial charge in [0.25, 0.3) is 0 Å². The van der Waals surface area contributed by atoms with Gasteiger partial charge in [0.05, 0.1) is 19.7 Å². The standard InChI is InChI=1S/C20H24N2O2/c1-24-20-11-5-3-9-17(20)18(22-12-6-7-13-22)15-21-14-16-8-2-4-10-19(16)23/h2-5,8-11,14,18,23H,6-7,12-13,15H2,1H3/t18-/m1/s1. The maximum atomic E-state index is 9.86. The van der Waals surface area contributed by atoms with E-state index in [0.29, 0.717) is 6.54 Å². The van der Waals surface area contributed by atoms with Gasteiger partial charge in [0.1, 0.15) is 11.5 Å². The fourth-order valence-electron chi connectivity index (χ4n) is 3.25. The van der Waals surface area contributed by atoms with Crippen LogP contribution in [0.4, 0.5) is 0 Å². The van der Waals surface area contributed by atoms with Gasteiger partial charge in [-0.3, -0.25) is 9.89 Å². The third kappa shape index (κ3) is 3.77. The lowest BCUT2D eigenvalue weighted by Gasteiger charge is -2.27. The molecule has 1 aliphatic heterocycles. The molecule has 1 N–H and O–H groups in total. The number of hydrogen-bond donors (Lipinski definition) is 1. The highest BCUT2D eigenvalue weighted by Crippen LogP contribution is 2.31. The van der Waals surface area contributed by atoms with Crippen molar-refractivity contribution in [1.82, 2.24) is 4.90 Å². The van der Waals surface area contributed by atoms with E-state index in [1.165, 1.54) is 18.4 Å². The molecule has 24 heavy (non-hydrogen) atoms. The van der Waals surface area contributed by atoms with Gasteiger partial charge in [-0.1, -0.05) is 30.3 Å². The molecule has 2 aromatic carbocycles. The number of benzene rings is 2. The summed E-state index contributed by atoms with van der Waals surface area (Å²) in [6, 6.07) is 15.6. The van der Waals surface area contributed by atoms with E-state index in [-0.39, 0.29) is 11.8 Å². The van der Waals surface area contributed by atoms with Gasteiger partial charge in [-0.05, 0) is 44.1 Å². The highest BCUT2D eigenvalue weighted by molar-refractivity contribution is 5.83. The molecule has 3 rings (SSSR count). The smallest absolute Gasteiger partial charge is 0.124 e. The molecule has 0 spiro atoms. The first-order chi connectivity index (χ1) is 11.8. The number of nitrogens with zero attached hydrogens (tertiary/aromatic N) is 2. The Labute approximate surface area is 143 Å². The zero-order valence-electron chi connectivity index (χ0n) is 14.1. The second kappa shape index (κ2) is 7.97. The monoisotopic (exact) mass is 324 g/mol. The Balaban J connectivity index is 1.82. The SMILES string of the molecule is COc1ccccc1[C@@H](CN=Cc1ccccc1O)N1CCCC1. The Hall–Kier alpha value is -2.33. The first-order valence-corrected chi connectivity index (χ1v) is 8.44. The van der Waals surface area contributed by atoms with Crippen molar-refractivity contribution in [3.63, 3.8) is 0 Å². The highest BCUT2D eigenvalue weighted by atomic mass is 16.5. The molecule has 0 aromatic heterocycles. The molecule has 4 heteroatoms. The molecule has 0 aliphatic carbocycles. The predicted octanol–water partition coefficient (Wildman–Crippen LogP) is 3.66. The van der Waals surface area contributed by atoms with Crippen molar-refractivity contribution in [3.05, 3.63) is 59.7 Å². The van der Waals surface area contributed by atoms with Crippen LogP contribution in [-0.4, -0.2) is 43.0 Å². The van der Waals surface area contributed by atoms with Gasteiger partial charge < -0.3 is 9.84 Å². The number of rotatable bonds is 6. The zero-order chi connectivity index (χ0) is 16.8. The molecule has 4 nitrogen and oxygen atoms in total. The molecule has 1 aliphatic rings. The molecule has 0 saturated carbocycles. The molecule has 2 aromatic rings. The summed E-state index contributed by atoms with van der Waals surface area (Å²) in [4.78, 5) is 7.09. The van der Waals surface area contributed by atoms with Crippen LogP contribution in [-0.2, 0) is 0 Å². The first-order valence-electron chi connectivity index (χ1n) is 8.44. The largest absolute Gasteiger partial charge is 0.507 e. The van der Waals surface area contributed by atoms with E-state index in [2.05, 4.69) is 16.0 Å². The van der Waals surface area contributed by atoms with Crippen LogP contribution in [0.15, 0.2) is 53.5 Å². The van der Waals surface area contributed by atoms with E-state index < -0.39 is 0 Å². The summed E-state index contributed by atoms with van der Waals surface area (Å²) >= 11 is 0. The number of phenols is 1. The zero-order valence-corrected chi connectivity index (χ0v) is 14.1. The summed E-state index contributed by atoms with van der Waals surface area (Å²) in [5, 5.41) is 9.86. The van der Waals surface area contributed by atoms with E-state index in [1.807, 2.05) is 36.4 Å². The van der Waals surface area contributed by atoms with E-state index in [9.17, 15) is 5.11 Å².